The first kappa shape index (κ1) is 10.1. The van der Waals surface area contributed by atoms with Crippen molar-refractivity contribution in [2.45, 2.75) is 18.4 Å². The first-order chi connectivity index (χ1) is 8.24. The Balaban J connectivity index is 2.10. The molecule has 0 atom stereocenters. The van der Waals surface area contributed by atoms with E-state index in [0.29, 0.717) is 0 Å². The molecule has 17 heavy (non-hydrogen) atoms. The fourth-order valence-electron chi connectivity index (χ4n) is 2.33. The molecule has 3 rings (SSSR count). The van der Waals surface area contributed by atoms with Crippen LogP contribution in [0.5, 0.6) is 0 Å². The molecule has 1 saturated carbocycles. The Labute approximate surface area is 98.5 Å². The fourth-order valence-corrected chi connectivity index (χ4v) is 2.33. The highest BCUT2D eigenvalue weighted by Gasteiger charge is 2.47. The Morgan fingerprint density at radius 1 is 1.29 bits per heavy atom. The molecule has 1 fully saturated rings. The highest BCUT2D eigenvalue weighted by atomic mass is 16.4. The number of carboxylic acid groups (broad SMARTS) is 1. The van der Waals surface area contributed by atoms with E-state index in [1.807, 2.05) is 30.3 Å². The molecule has 1 N–H and O–H groups in total. The zero-order chi connectivity index (χ0) is 11.9. The molecule has 0 saturated heterocycles. The number of carboxylic acids is 1. The van der Waals surface area contributed by atoms with Gasteiger partial charge in [-0.05, 0) is 18.4 Å². The fraction of sp³-hybridized carbons (Fsp3) is 0.231. The topological polar surface area (TPSA) is 55.1 Å². The van der Waals surface area contributed by atoms with Gasteiger partial charge < -0.3 is 9.67 Å². The Hall–Kier alpha value is -2.10. The van der Waals surface area contributed by atoms with E-state index >= 15 is 0 Å². The van der Waals surface area contributed by atoms with Crippen molar-refractivity contribution in [2.24, 2.45) is 0 Å². The molecule has 86 valence electrons. The van der Waals surface area contributed by atoms with Gasteiger partial charge in [-0.1, -0.05) is 30.3 Å². The van der Waals surface area contributed by atoms with Crippen molar-refractivity contribution >= 4 is 5.97 Å². The molecule has 4 heteroatoms. The van der Waals surface area contributed by atoms with Crippen molar-refractivity contribution in [1.29, 1.82) is 0 Å². The Morgan fingerprint density at radius 3 is 2.59 bits per heavy atom. The van der Waals surface area contributed by atoms with E-state index in [2.05, 4.69) is 4.98 Å². The molecule has 1 aliphatic carbocycles. The molecule has 0 spiro atoms. The molecular formula is C13H12N2O2. The lowest BCUT2D eigenvalue weighted by Crippen LogP contribution is -2.22. The molecule has 1 aliphatic rings. The third-order valence-corrected chi connectivity index (χ3v) is 3.35. The maximum absolute atomic E-state index is 11.1. The number of benzene rings is 1. The van der Waals surface area contributed by atoms with E-state index in [1.165, 1.54) is 6.20 Å². The number of aromatic carboxylic acids is 1. The molecule has 0 radical (unpaired) electrons. The summed E-state index contributed by atoms with van der Waals surface area (Å²) < 4.78 is 1.78. The monoisotopic (exact) mass is 228 g/mol. The minimum absolute atomic E-state index is 0.189. The predicted molar refractivity (Wildman–Crippen MR) is 61.9 cm³/mol. The molecule has 0 unspecified atom stereocenters. The lowest BCUT2D eigenvalue weighted by atomic mass is 10.0. The molecule has 1 aromatic carbocycles. The van der Waals surface area contributed by atoms with Crippen LogP contribution in [0.25, 0.3) is 0 Å². The molecule has 0 amide bonds. The summed E-state index contributed by atoms with van der Waals surface area (Å²) in [5, 5.41) is 9.13. The highest BCUT2D eigenvalue weighted by molar-refractivity contribution is 5.85. The summed E-state index contributed by atoms with van der Waals surface area (Å²) in [5.74, 6) is -0.926. The zero-order valence-electron chi connectivity index (χ0n) is 9.21. The quantitative estimate of drug-likeness (QED) is 0.875. The normalized spacial score (nSPS) is 16.7. The molecule has 1 aromatic heterocycles. The molecule has 4 nitrogen and oxygen atoms in total. The van der Waals surface area contributed by atoms with Gasteiger partial charge in [-0.25, -0.2) is 9.78 Å². The van der Waals surface area contributed by atoms with Crippen LogP contribution in [-0.4, -0.2) is 20.6 Å². The second-order valence-corrected chi connectivity index (χ2v) is 4.35. The summed E-state index contributed by atoms with van der Waals surface area (Å²) in [4.78, 5) is 15.1. The van der Waals surface area contributed by atoms with Gasteiger partial charge in [-0.2, -0.15) is 0 Å². The average Bonchev–Trinajstić information content (AvgIpc) is 3.00. The first-order valence-corrected chi connectivity index (χ1v) is 5.56. The maximum atomic E-state index is 11.1. The standard InChI is InChI=1S/C13H12N2O2/c16-12(17)11-8-14-9-15(11)13(6-7-13)10-4-2-1-3-5-10/h1-5,8-9H,6-7H2,(H,16,17). The lowest BCUT2D eigenvalue weighted by molar-refractivity contribution is 0.0682. The highest BCUT2D eigenvalue weighted by Crippen LogP contribution is 2.49. The summed E-state index contributed by atoms with van der Waals surface area (Å²) in [5.41, 5.74) is 1.22. The summed E-state index contributed by atoms with van der Waals surface area (Å²) in [6.07, 6.45) is 4.95. The van der Waals surface area contributed by atoms with Gasteiger partial charge in [0.05, 0.1) is 18.1 Å². The number of rotatable bonds is 3. The van der Waals surface area contributed by atoms with E-state index in [-0.39, 0.29) is 11.2 Å². The van der Waals surface area contributed by atoms with Crippen LogP contribution in [0, 0.1) is 0 Å². The van der Waals surface area contributed by atoms with Crippen LogP contribution in [-0.2, 0) is 5.54 Å². The van der Waals surface area contributed by atoms with E-state index < -0.39 is 5.97 Å². The maximum Gasteiger partial charge on any atom is 0.354 e. The Morgan fingerprint density at radius 2 is 2.00 bits per heavy atom. The van der Waals surface area contributed by atoms with Crippen LogP contribution in [0.3, 0.4) is 0 Å². The molecule has 1 heterocycles. The van der Waals surface area contributed by atoms with Gasteiger partial charge in [0, 0.05) is 0 Å². The summed E-state index contributed by atoms with van der Waals surface area (Å²) in [6, 6.07) is 10.0. The average molecular weight is 228 g/mol. The van der Waals surface area contributed by atoms with Crippen molar-refractivity contribution in [2.75, 3.05) is 0 Å². The van der Waals surface area contributed by atoms with Gasteiger partial charge in [-0.15, -0.1) is 0 Å². The van der Waals surface area contributed by atoms with Crippen LogP contribution < -0.4 is 0 Å². The van der Waals surface area contributed by atoms with Crippen molar-refractivity contribution in [3.63, 3.8) is 0 Å². The summed E-state index contributed by atoms with van der Waals surface area (Å²) >= 11 is 0. The van der Waals surface area contributed by atoms with Crippen molar-refractivity contribution < 1.29 is 9.90 Å². The van der Waals surface area contributed by atoms with Gasteiger partial charge in [-0.3, -0.25) is 0 Å². The van der Waals surface area contributed by atoms with Gasteiger partial charge in [0.2, 0.25) is 0 Å². The molecular weight excluding hydrogens is 216 g/mol. The van der Waals surface area contributed by atoms with Crippen LogP contribution >= 0.6 is 0 Å². The van der Waals surface area contributed by atoms with E-state index in [1.54, 1.807) is 10.9 Å². The zero-order valence-corrected chi connectivity index (χ0v) is 9.21. The second kappa shape index (κ2) is 3.45. The number of imidazole rings is 1. The third kappa shape index (κ3) is 1.45. The minimum Gasteiger partial charge on any atom is -0.477 e. The number of carbonyl (C=O) groups is 1. The number of hydrogen-bond donors (Lipinski definition) is 1. The third-order valence-electron chi connectivity index (χ3n) is 3.35. The largest absolute Gasteiger partial charge is 0.477 e. The van der Waals surface area contributed by atoms with Crippen molar-refractivity contribution in [3.05, 3.63) is 54.1 Å². The minimum atomic E-state index is -0.926. The van der Waals surface area contributed by atoms with Crippen molar-refractivity contribution in [3.8, 4) is 0 Å². The Kier molecular flexibility index (Phi) is 2.04. The van der Waals surface area contributed by atoms with E-state index in [4.69, 9.17) is 5.11 Å². The van der Waals surface area contributed by atoms with Crippen LogP contribution in [0.4, 0.5) is 0 Å². The van der Waals surface area contributed by atoms with Gasteiger partial charge in [0.1, 0.15) is 5.69 Å². The van der Waals surface area contributed by atoms with Crippen LogP contribution in [0.2, 0.25) is 0 Å². The smallest absolute Gasteiger partial charge is 0.354 e. The molecule has 2 aromatic rings. The SMILES string of the molecule is O=C(O)c1cncn1C1(c2ccccc2)CC1. The number of aromatic nitrogens is 2. The van der Waals surface area contributed by atoms with Gasteiger partial charge in [0.15, 0.2) is 0 Å². The van der Waals surface area contributed by atoms with Gasteiger partial charge in [0.25, 0.3) is 0 Å². The van der Waals surface area contributed by atoms with Crippen molar-refractivity contribution in [1.82, 2.24) is 9.55 Å². The Bertz CT molecular complexity index is 556. The van der Waals surface area contributed by atoms with E-state index in [0.717, 1.165) is 18.4 Å². The van der Waals surface area contributed by atoms with E-state index in [9.17, 15) is 4.79 Å². The molecule has 0 bridgehead atoms. The lowest BCUT2D eigenvalue weighted by Gasteiger charge is -2.19. The number of nitrogens with zero attached hydrogens (tertiary/aromatic N) is 2. The van der Waals surface area contributed by atoms with Crippen LogP contribution in [0.15, 0.2) is 42.9 Å². The van der Waals surface area contributed by atoms with Crippen LogP contribution in [0.1, 0.15) is 28.9 Å². The number of hydrogen-bond acceptors (Lipinski definition) is 2. The summed E-state index contributed by atoms with van der Waals surface area (Å²) in [7, 11) is 0. The predicted octanol–water partition coefficient (Wildman–Crippen LogP) is 2.12. The molecule has 0 aliphatic heterocycles. The van der Waals surface area contributed by atoms with Gasteiger partial charge >= 0.3 is 5.97 Å². The second-order valence-electron chi connectivity index (χ2n) is 4.35. The summed E-state index contributed by atoms with van der Waals surface area (Å²) in [6.45, 7) is 0. The first-order valence-electron chi connectivity index (χ1n) is 5.56.